The maximum absolute atomic E-state index is 12.4. The molecule has 0 bridgehead atoms. The van der Waals surface area contributed by atoms with E-state index in [0.29, 0.717) is 44.6 Å². The van der Waals surface area contributed by atoms with E-state index in [1.807, 2.05) is 25.7 Å². The van der Waals surface area contributed by atoms with Gasteiger partial charge < -0.3 is 34.6 Å². The Morgan fingerprint density at radius 1 is 1.26 bits per heavy atom. The number of aromatic nitrogens is 1. The topological polar surface area (TPSA) is 107 Å². The Labute approximate surface area is 206 Å². The van der Waals surface area contributed by atoms with Gasteiger partial charge in [-0.2, -0.15) is 0 Å². The van der Waals surface area contributed by atoms with E-state index in [1.54, 1.807) is 4.90 Å². The molecule has 2 aliphatic heterocycles. The van der Waals surface area contributed by atoms with Crippen LogP contribution in [0.1, 0.15) is 44.0 Å². The molecule has 1 unspecified atom stereocenters. The van der Waals surface area contributed by atoms with Crippen LogP contribution in [0.15, 0.2) is 6.07 Å². The highest BCUT2D eigenvalue weighted by atomic mass is 35.5. The van der Waals surface area contributed by atoms with E-state index in [-0.39, 0.29) is 35.2 Å². The van der Waals surface area contributed by atoms with Gasteiger partial charge in [-0.15, -0.1) is 0 Å². The maximum atomic E-state index is 12.4. The molecular weight excluding hydrogens is 462 g/mol. The van der Waals surface area contributed by atoms with Gasteiger partial charge in [0.25, 0.3) is 0 Å². The fourth-order valence-electron chi connectivity index (χ4n) is 4.18. The van der Waals surface area contributed by atoms with Crippen LogP contribution in [0.4, 0.5) is 10.6 Å². The molecule has 3 rings (SSSR count). The number of hydrogen-bond donors (Lipinski definition) is 2. The normalized spacial score (nSPS) is 19.9. The maximum Gasteiger partial charge on any atom is 0.410 e. The summed E-state index contributed by atoms with van der Waals surface area (Å²) >= 11 is 6.40. The molecule has 190 valence electrons. The molecule has 0 saturated carbocycles. The number of aromatic carboxylic acids is 1. The molecule has 1 atom stereocenters. The zero-order chi connectivity index (χ0) is 25.0. The third-order valence-corrected chi connectivity index (χ3v) is 6.27. The van der Waals surface area contributed by atoms with Crippen molar-refractivity contribution in [1.29, 1.82) is 0 Å². The van der Waals surface area contributed by atoms with Crippen molar-refractivity contribution in [2.45, 2.75) is 51.3 Å². The summed E-state index contributed by atoms with van der Waals surface area (Å²) in [6.45, 7) is 8.65. The molecule has 2 aliphatic rings. The highest BCUT2D eigenvalue weighted by Crippen LogP contribution is 2.32. The summed E-state index contributed by atoms with van der Waals surface area (Å²) < 4.78 is 11.3. The summed E-state index contributed by atoms with van der Waals surface area (Å²) in [5, 5.41) is 13.2. The molecule has 2 fully saturated rings. The van der Waals surface area contributed by atoms with Crippen LogP contribution < -0.4 is 15.0 Å². The summed E-state index contributed by atoms with van der Waals surface area (Å²) in [6.07, 6.45) is 1.48. The molecule has 0 radical (unpaired) electrons. The van der Waals surface area contributed by atoms with Crippen molar-refractivity contribution in [1.82, 2.24) is 20.1 Å². The number of carbonyl (C=O) groups is 2. The molecule has 1 aromatic heterocycles. The SMILES string of the molecule is CN(C)C1CCN(c2nc(Cl)c(OCC3CN(C(=O)OC(C)(C)C)CCN3)cc2C(=O)O)CC1. The van der Waals surface area contributed by atoms with Gasteiger partial charge >= 0.3 is 12.1 Å². The number of nitrogens with zero attached hydrogens (tertiary/aromatic N) is 4. The first-order valence-electron chi connectivity index (χ1n) is 11.6. The van der Waals surface area contributed by atoms with Crippen LogP contribution in [0.3, 0.4) is 0 Å². The molecule has 11 heteroatoms. The van der Waals surface area contributed by atoms with Gasteiger partial charge in [0.05, 0.1) is 6.04 Å². The number of nitrogens with one attached hydrogen (secondary N) is 1. The van der Waals surface area contributed by atoms with Crippen LogP contribution in [-0.2, 0) is 4.74 Å². The van der Waals surface area contributed by atoms with Crippen LogP contribution in [0.2, 0.25) is 5.15 Å². The minimum Gasteiger partial charge on any atom is -0.489 e. The molecule has 0 aromatic carbocycles. The van der Waals surface area contributed by atoms with Gasteiger partial charge in [-0.05, 0) is 47.7 Å². The third kappa shape index (κ3) is 6.86. The van der Waals surface area contributed by atoms with Crippen molar-refractivity contribution in [3.63, 3.8) is 0 Å². The van der Waals surface area contributed by atoms with Gasteiger partial charge in [-0.1, -0.05) is 11.6 Å². The van der Waals surface area contributed by atoms with Gasteiger partial charge in [0, 0.05) is 44.8 Å². The number of ether oxygens (including phenoxy) is 2. The van der Waals surface area contributed by atoms with Crippen molar-refractivity contribution >= 4 is 29.5 Å². The quantitative estimate of drug-likeness (QED) is 0.573. The lowest BCUT2D eigenvalue weighted by molar-refractivity contribution is 0.0178. The summed E-state index contributed by atoms with van der Waals surface area (Å²) in [7, 11) is 4.11. The Kier molecular flexibility index (Phi) is 8.48. The monoisotopic (exact) mass is 497 g/mol. The number of halogens is 1. The second-order valence-electron chi connectivity index (χ2n) is 10.0. The van der Waals surface area contributed by atoms with Gasteiger partial charge in [-0.3, -0.25) is 0 Å². The van der Waals surface area contributed by atoms with E-state index in [4.69, 9.17) is 21.1 Å². The lowest BCUT2D eigenvalue weighted by Crippen LogP contribution is -2.55. The molecular formula is C23H36ClN5O5. The van der Waals surface area contributed by atoms with Gasteiger partial charge in [-0.25, -0.2) is 14.6 Å². The Bertz CT molecular complexity index is 883. The van der Waals surface area contributed by atoms with Crippen molar-refractivity contribution < 1.29 is 24.2 Å². The molecule has 10 nitrogen and oxygen atoms in total. The predicted molar refractivity (Wildman–Crippen MR) is 130 cm³/mol. The Morgan fingerprint density at radius 2 is 1.94 bits per heavy atom. The highest BCUT2D eigenvalue weighted by molar-refractivity contribution is 6.31. The first kappa shape index (κ1) is 26.3. The van der Waals surface area contributed by atoms with E-state index < -0.39 is 11.6 Å². The Balaban J connectivity index is 1.66. The lowest BCUT2D eigenvalue weighted by atomic mass is 10.0. The minimum atomic E-state index is -1.08. The van der Waals surface area contributed by atoms with Gasteiger partial charge in [0.15, 0.2) is 10.9 Å². The van der Waals surface area contributed by atoms with Gasteiger partial charge in [0.1, 0.15) is 23.6 Å². The summed E-state index contributed by atoms with van der Waals surface area (Å²) in [4.78, 5) is 34.6. The average Bonchev–Trinajstić information content (AvgIpc) is 2.77. The van der Waals surface area contributed by atoms with E-state index in [9.17, 15) is 14.7 Å². The molecule has 2 saturated heterocycles. The third-order valence-electron chi connectivity index (χ3n) is 6.00. The van der Waals surface area contributed by atoms with E-state index >= 15 is 0 Å². The number of piperidine rings is 1. The summed E-state index contributed by atoms with van der Waals surface area (Å²) in [5.41, 5.74) is -0.501. The number of anilines is 1. The number of carboxylic acid groups (broad SMARTS) is 1. The molecule has 1 aromatic rings. The second kappa shape index (κ2) is 11.0. The standard InChI is InChI=1S/C23H36ClN5O5/c1-23(2,3)34-22(32)29-11-8-25-15(13-29)14-33-18-12-17(21(30)31)20(26-19(18)24)28-9-6-16(7-10-28)27(4)5/h12,15-16,25H,6-11,13-14H2,1-5H3,(H,30,31). The summed E-state index contributed by atoms with van der Waals surface area (Å²) in [5.74, 6) is -0.498. The van der Waals surface area contributed by atoms with Crippen LogP contribution in [-0.4, -0.2) is 103 Å². The number of carbonyl (C=O) groups excluding carboxylic acids is 1. The van der Waals surface area contributed by atoms with Crippen molar-refractivity contribution in [2.24, 2.45) is 0 Å². The zero-order valence-corrected chi connectivity index (χ0v) is 21.4. The number of pyridine rings is 1. The second-order valence-corrected chi connectivity index (χ2v) is 10.4. The van der Waals surface area contributed by atoms with E-state index in [0.717, 1.165) is 12.8 Å². The predicted octanol–water partition coefficient (Wildman–Crippen LogP) is 2.55. The number of piperazine rings is 1. The Morgan fingerprint density at radius 3 is 2.53 bits per heavy atom. The fourth-order valence-corrected chi connectivity index (χ4v) is 4.37. The molecule has 2 N–H and O–H groups in total. The summed E-state index contributed by atoms with van der Waals surface area (Å²) in [6, 6.07) is 1.75. The smallest absolute Gasteiger partial charge is 0.410 e. The molecule has 0 aliphatic carbocycles. The number of carboxylic acids is 1. The van der Waals surface area contributed by atoms with Gasteiger partial charge in [0.2, 0.25) is 0 Å². The van der Waals surface area contributed by atoms with Crippen molar-refractivity contribution in [2.75, 3.05) is 58.3 Å². The highest BCUT2D eigenvalue weighted by Gasteiger charge is 2.29. The first-order valence-corrected chi connectivity index (χ1v) is 12.0. The van der Waals surface area contributed by atoms with Crippen molar-refractivity contribution in [3.8, 4) is 5.75 Å². The van der Waals surface area contributed by atoms with E-state index in [2.05, 4.69) is 29.3 Å². The average molecular weight is 498 g/mol. The first-order chi connectivity index (χ1) is 15.9. The van der Waals surface area contributed by atoms with Crippen LogP contribution in [0.25, 0.3) is 0 Å². The van der Waals surface area contributed by atoms with E-state index in [1.165, 1.54) is 6.07 Å². The molecule has 3 heterocycles. The number of amides is 1. The molecule has 1 amide bonds. The molecule has 0 spiro atoms. The van der Waals surface area contributed by atoms with Crippen LogP contribution in [0.5, 0.6) is 5.75 Å². The zero-order valence-electron chi connectivity index (χ0n) is 20.6. The Hall–Kier alpha value is -2.30. The lowest BCUT2D eigenvalue weighted by Gasteiger charge is -2.36. The van der Waals surface area contributed by atoms with Crippen LogP contribution in [0, 0.1) is 0 Å². The fraction of sp³-hybridized carbons (Fsp3) is 0.696. The molecule has 34 heavy (non-hydrogen) atoms. The number of hydrogen-bond acceptors (Lipinski definition) is 8. The largest absolute Gasteiger partial charge is 0.489 e. The van der Waals surface area contributed by atoms with Crippen molar-refractivity contribution in [3.05, 3.63) is 16.8 Å². The number of rotatable bonds is 6. The minimum absolute atomic E-state index is 0.0645. The van der Waals surface area contributed by atoms with Crippen LogP contribution >= 0.6 is 11.6 Å².